The Balaban J connectivity index is 2.04. The highest BCUT2D eigenvalue weighted by Crippen LogP contribution is 2.32. The molecule has 1 heterocycles. The van der Waals surface area contributed by atoms with Crippen molar-refractivity contribution in [3.8, 4) is 11.3 Å². The molecule has 2 aromatic rings. The molecule has 0 aliphatic rings. The highest BCUT2D eigenvalue weighted by Gasteiger charge is 2.11. The summed E-state index contributed by atoms with van der Waals surface area (Å²) in [6, 6.07) is 8.67. The van der Waals surface area contributed by atoms with Gasteiger partial charge in [-0.25, -0.2) is 0 Å². The highest BCUT2D eigenvalue weighted by atomic mass is 35.5. The molecule has 1 aromatic heterocycles. The van der Waals surface area contributed by atoms with Crippen LogP contribution in [0, 0.1) is 5.92 Å². The lowest BCUT2D eigenvalue weighted by atomic mass is 10.1. The number of aliphatic hydroxyl groups is 1. The van der Waals surface area contributed by atoms with E-state index in [0.29, 0.717) is 40.1 Å². The second-order valence-electron chi connectivity index (χ2n) is 6.05. The maximum Gasteiger partial charge on any atom is 0.226 e. The molecule has 0 unspecified atom stereocenters. The third kappa shape index (κ3) is 5.85. The van der Waals surface area contributed by atoms with E-state index in [4.69, 9.17) is 33.3 Å². The van der Waals surface area contributed by atoms with Crippen molar-refractivity contribution in [1.29, 1.82) is 0 Å². The Morgan fingerprint density at radius 1 is 1.32 bits per heavy atom. The number of thiocarbonyl (C=S) groups is 1. The summed E-state index contributed by atoms with van der Waals surface area (Å²) in [7, 11) is 0. The van der Waals surface area contributed by atoms with Crippen molar-refractivity contribution >= 4 is 40.5 Å². The second-order valence-corrected chi connectivity index (χ2v) is 6.87. The van der Waals surface area contributed by atoms with Crippen molar-refractivity contribution in [2.75, 3.05) is 5.32 Å². The van der Waals surface area contributed by atoms with Crippen LogP contribution in [0.1, 0.15) is 32.4 Å². The van der Waals surface area contributed by atoms with Gasteiger partial charge in [0.1, 0.15) is 18.1 Å². The molecule has 0 atom stereocenters. The van der Waals surface area contributed by atoms with Crippen LogP contribution in [0.3, 0.4) is 0 Å². The lowest BCUT2D eigenvalue weighted by molar-refractivity contribution is -0.119. The predicted molar refractivity (Wildman–Crippen MR) is 104 cm³/mol. The average molecular weight is 381 g/mol. The molecule has 5 nitrogen and oxygen atoms in total. The first-order valence-corrected chi connectivity index (χ1v) is 8.78. The summed E-state index contributed by atoms with van der Waals surface area (Å²) in [6.45, 7) is 3.95. The lowest BCUT2D eigenvalue weighted by Gasteiger charge is -2.11. The van der Waals surface area contributed by atoms with Gasteiger partial charge < -0.3 is 20.2 Å². The fraction of sp³-hybridized carbons (Fsp3) is 0.333. The van der Waals surface area contributed by atoms with Crippen molar-refractivity contribution in [2.45, 2.75) is 33.3 Å². The summed E-state index contributed by atoms with van der Waals surface area (Å²) in [5.41, 5.74) is 1.34. The van der Waals surface area contributed by atoms with E-state index in [2.05, 4.69) is 24.5 Å². The fourth-order valence-electron chi connectivity index (χ4n) is 2.17. The Labute approximate surface area is 157 Å². The number of furan rings is 1. The van der Waals surface area contributed by atoms with E-state index in [1.54, 1.807) is 30.3 Å². The number of hydrogen-bond acceptors (Lipinski definition) is 4. The molecule has 0 saturated heterocycles. The van der Waals surface area contributed by atoms with Crippen LogP contribution in [0.4, 0.5) is 5.69 Å². The lowest BCUT2D eigenvalue weighted by Crippen LogP contribution is -2.34. The third-order valence-electron chi connectivity index (χ3n) is 3.51. The van der Waals surface area contributed by atoms with E-state index in [1.165, 1.54) is 0 Å². The van der Waals surface area contributed by atoms with E-state index < -0.39 is 0 Å². The van der Waals surface area contributed by atoms with Crippen LogP contribution in [-0.2, 0) is 11.4 Å². The topological polar surface area (TPSA) is 74.5 Å². The molecule has 0 radical (unpaired) electrons. The second kappa shape index (κ2) is 8.99. The summed E-state index contributed by atoms with van der Waals surface area (Å²) in [5.74, 6) is 1.35. The largest absolute Gasteiger partial charge is 0.459 e. The van der Waals surface area contributed by atoms with E-state index in [0.717, 1.165) is 6.42 Å². The van der Waals surface area contributed by atoms with Crippen molar-refractivity contribution in [2.24, 2.45) is 5.92 Å². The van der Waals surface area contributed by atoms with Gasteiger partial charge in [0.15, 0.2) is 5.11 Å². The van der Waals surface area contributed by atoms with Gasteiger partial charge >= 0.3 is 0 Å². The molecule has 0 spiro atoms. The van der Waals surface area contributed by atoms with Gasteiger partial charge in [0.25, 0.3) is 0 Å². The van der Waals surface area contributed by atoms with Gasteiger partial charge in [-0.05, 0) is 54.9 Å². The zero-order valence-electron chi connectivity index (χ0n) is 14.1. The molecule has 1 aromatic carbocycles. The predicted octanol–water partition coefficient (Wildman–Crippen LogP) is 4.34. The molecule has 0 aliphatic carbocycles. The van der Waals surface area contributed by atoms with Crippen LogP contribution in [0.15, 0.2) is 34.7 Å². The minimum absolute atomic E-state index is 0.112. The van der Waals surface area contributed by atoms with Crippen molar-refractivity contribution in [3.63, 3.8) is 0 Å². The Morgan fingerprint density at radius 2 is 2.08 bits per heavy atom. The number of carbonyl (C=O) groups excluding carboxylic acids is 1. The molecule has 3 N–H and O–H groups in total. The van der Waals surface area contributed by atoms with Crippen LogP contribution >= 0.6 is 23.8 Å². The van der Waals surface area contributed by atoms with Crippen LogP contribution in [0.5, 0.6) is 0 Å². The van der Waals surface area contributed by atoms with Gasteiger partial charge in [-0.1, -0.05) is 25.4 Å². The Kier molecular flexibility index (Phi) is 6.99. The molecule has 2 rings (SSSR count). The van der Waals surface area contributed by atoms with Crippen molar-refractivity contribution in [3.05, 3.63) is 41.1 Å². The Morgan fingerprint density at radius 3 is 2.72 bits per heavy atom. The molecule has 134 valence electrons. The summed E-state index contributed by atoms with van der Waals surface area (Å²) < 4.78 is 5.51. The third-order valence-corrected chi connectivity index (χ3v) is 4.04. The fourth-order valence-corrected chi connectivity index (χ4v) is 2.61. The van der Waals surface area contributed by atoms with E-state index in [9.17, 15) is 4.79 Å². The molecule has 0 fully saturated rings. The molecular weight excluding hydrogens is 360 g/mol. The standard InChI is InChI=1S/C18H21ClN2O3S/c1-11(2)3-8-17(23)21-18(25)20-12-4-6-15(19)14(9-12)16-7-5-13(10-22)24-16/h4-7,9,11,22H,3,8,10H2,1-2H3,(H2,20,21,23,25). The van der Waals surface area contributed by atoms with Gasteiger partial charge in [-0.3, -0.25) is 4.79 Å². The van der Waals surface area contributed by atoms with Crippen molar-refractivity contribution in [1.82, 2.24) is 5.32 Å². The number of halogens is 1. The molecule has 7 heteroatoms. The first kappa shape index (κ1) is 19.4. The average Bonchev–Trinajstić information content (AvgIpc) is 3.03. The van der Waals surface area contributed by atoms with Crippen LogP contribution in [0.25, 0.3) is 11.3 Å². The number of aliphatic hydroxyl groups excluding tert-OH is 1. The number of hydrogen-bond donors (Lipinski definition) is 3. The zero-order chi connectivity index (χ0) is 18.4. The van der Waals surface area contributed by atoms with Gasteiger partial charge in [0.2, 0.25) is 5.91 Å². The summed E-state index contributed by atoms with van der Waals surface area (Å²) in [5, 5.41) is 15.5. The van der Waals surface area contributed by atoms with Gasteiger partial charge in [-0.2, -0.15) is 0 Å². The van der Waals surface area contributed by atoms with E-state index in [-0.39, 0.29) is 17.6 Å². The number of nitrogens with one attached hydrogen (secondary N) is 2. The van der Waals surface area contributed by atoms with E-state index >= 15 is 0 Å². The summed E-state index contributed by atoms with van der Waals surface area (Å²) in [6.07, 6.45) is 1.24. The summed E-state index contributed by atoms with van der Waals surface area (Å²) >= 11 is 11.4. The number of benzene rings is 1. The van der Waals surface area contributed by atoms with Crippen LogP contribution in [0.2, 0.25) is 5.02 Å². The van der Waals surface area contributed by atoms with Gasteiger partial charge in [0.05, 0.1) is 5.02 Å². The number of carbonyl (C=O) groups is 1. The molecule has 1 amide bonds. The smallest absolute Gasteiger partial charge is 0.226 e. The Hall–Kier alpha value is -1.89. The van der Waals surface area contributed by atoms with Crippen LogP contribution in [-0.4, -0.2) is 16.1 Å². The molecule has 25 heavy (non-hydrogen) atoms. The van der Waals surface area contributed by atoms with Crippen LogP contribution < -0.4 is 10.6 Å². The quantitative estimate of drug-likeness (QED) is 0.650. The highest BCUT2D eigenvalue weighted by molar-refractivity contribution is 7.80. The maximum atomic E-state index is 11.8. The molecular formula is C18H21ClN2O3S. The first-order chi connectivity index (χ1) is 11.9. The normalized spacial score (nSPS) is 10.8. The Bertz CT molecular complexity index is 759. The first-order valence-electron chi connectivity index (χ1n) is 7.99. The molecule has 0 aliphatic heterocycles. The summed E-state index contributed by atoms with van der Waals surface area (Å²) in [4.78, 5) is 11.8. The maximum absolute atomic E-state index is 11.8. The zero-order valence-corrected chi connectivity index (χ0v) is 15.7. The van der Waals surface area contributed by atoms with Crippen molar-refractivity contribution < 1.29 is 14.3 Å². The number of anilines is 1. The minimum Gasteiger partial charge on any atom is -0.459 e. The SMILES string of the molecule is CC(C)CCC(=O)NC(=S)Nc1ccc(Cl)c(-c2ccc(CO)o2)c1. The van der Waals surface area contributed by atoms with E-state index in [1.807, 2.05) is 0 Å². The monoisotopic (exact) mass is 380 g/mol. The van der Waals surface area contributed by atoms with Gasteiger partial charge in [0, 0.05) is 17.7 Å². The number of amides is 1. The molecule has 0 bridgehead atoms. The number of rotatable bonds is 6. The molecule has 0 saturated carbocycles. The van der Waals surface area contributed by atoms with Gasteiger partial charge in [-0.15, -0.1) is 0 Å². The minimum atomic E-state index is -0.179.